The highest BCUT2D eigenvalue weighted by molar-refractivity contribution is 5.86. The van der Waals surface area contributed by atoms with Crippen LogP contribution in [-0.2, 0) is 9.53 Å². The smallest absolute Gasteiger partial charge is 0.240 e. The molecule has 2 aliphatic rings. The fraction of sp³-hybridized carbons (Fsp3) is 0.923. The Hall–Kier alpha value is -0.610. The summed E-state index contributed by atoms with van der Waals surface area (Å²) in [5.74, 6) is 0.0395. The monoisotopic (exact) mass is 240 g/mol. The molecule has 1 saturated carbocycles. The van der Waals surface area contributed by atoms with Crippen LogP contribution in [0.3, 0.4) is 0 Å². The maximum atomic E-state index is 12.2. The zero-order chi connectivity index (χ0) is 12.5. The highest BCUT2D eigenvalue weighted by atomic mass is 16.5. The van der Waals surface area contributed by atoms with E-state index in [9.17, 15) is 4.79 Å². The van der Waals surface area contributed by atoms with Crippen LogP contribution in [0.15, 0.2) is 0 Å². The Morgan fingerprint density at radius 1 is 1.35 bits per heavy atom. The number of carbonyl (C=O) groups excluding carboxylic acids is 1. The van der Waals surface area contributed by atoms with Crippen LogP contribution in [0.4, 0.5) is 0 Å². The number of hydrogen-bond donors (Lipinski definition) is 2. The third-order valence-corrected chi connectivity index (χ3v) is 3.98. The van der Waals surface area contributed by atoms with Crippen LogP contribution in [0.2, 0.25) is 0 Å². The van der Waals surface area contributed by atoms with Crippen LogP contribution >= 0.6 is 0 Å². The standard InChI is InChI=1S/C13H24N2O2/c1-12(2)9-10(5-8-17-12)15-11(16)13(14)6-3-4-7-13/h10H,3-9,14H2,1-2H3,(H,15,16). The summed E-state index contributed by atoms with van der Waals surface area (Å²) in [4.78, 5) is 12.2. The maximum Gasteiger partial charge on any atom is 0.240 e. The molecule has 2 fully saturated rings. The minimum absolute atomic E-state index is 0.0395. The van der Waals surface area contributed by atoms with Gasteiger partial charge in [0.2, 0.25) is 5.91 Å². The number of amides is 1. The first kappa shape index (κ1) is 12.8. The molecule has 3 N–H and O–H groups in total. The molecule has 2 rings (SSSR count). The van der Waals surface area contributed by atoms with Gasteiger partial charge in [0.1, 0.15) is 0 Å². The zero-order valence-corrected chi connectivity index (χ0v) is 10.9. The first-order valence-corrected chi connectivity index (χ1v) is 6.65. The molecule has 0 bridgehead atoms. The minimum atomic E-state index is -0.609. The van der Waals surface area contributed by atoms with E-state index in [1.165, 1.54) is 0 Å². The number of ether oxygens (including phenoxy) is 1. The molecular weight excluding hydrogens is 216 g/mol. The molecule has 0 aromatic carbocycles. The summed E-state index contributed by atoms with van der Waals surface area (Å²) in [5.41, 5.74) is 5.40. The SMILES string of the molecule is CC1(C)CC(NC(=O)C2(N)CCCC2)CCO1. The quantitative estimate of drug-likeness (QED) is 0.765. The molecule has 4 heteroatoms. The highest BCUT2D eigenvalue weighted by Crippen LogP contribution is 2.29. The number of nitrogens with two attached hydrogens (primary N) is 1. The van der Waals surface area contributed by atoms with E-state index in [0.29, 0.717) is 0 Å². The molecule has 1 atom stereocenters. The van der Waals surface area contributed by atoms with Crippen LogP contribution in [0.5, 0.6) is 0 Å². The summed E-state index contributed by atoms with van der Waals surface area (Å²) >= 11 is 0. The molecule has 4 nitrogen and oxygen atoms in total. The van der Waals surface area contributed by atoms with Gasteiger partial charge in [-0.3, -0.25) is 4.79 Å². The van der Waals surface area contributed by atoms with Crippen molar-refractivity contribution in [2.75, 3.05) is 6.61 Å². The Kier molecular flexibility index (Phi) is 3.46. The van der Waals surface area contributed by atoms with Crippen LogP contribution in [0, 0.1) is 0 Å². The molecule has 98 valence electrons. The lowest BCUT2D eigenvalue weighted by Gasteiger charge is -2.37. The van der Waals surface area contributed by atoms with E-state index in [4.69, 9.17) is 10.5 Å². The van der Waals surface area contributed by atoms with Gasteiger partial charge in [-0.25, -0.2) is 0 Å². The predicted molar refractivity (Wildman–Crippen MR) is 66.6 cm³/mol. The second-order valence-electron chi connectivity index (χ2n) is 6.13. The van der Waals surface area contributed by atoms with Crippen molar-refractivity contribution in [2.45, 2.75) is 69.6 Å². The van der Waals surface area contributed by atoms with Crippen LogP contribution in [-0.4, -0.2) is 29.7 Å². The Morgan fingerprint density at radius 3 is 2.59 bits per heavy atom. The number of hydrogen-bond acceptors (Lipinski definition) is 3. The van der Waals surface area contributed by atoms with Gasteiger partial charge in [0, 0.05) is 12.6 Å². The van der Waals surface area contributed by atoms with Crippen molar-refractivity contribution in [1.82, 2.24) is 5.32 Å². The summed E-state index contributed by atoms with van der Waals surface area (Å²) in [6, 6.07) is 0.215. The van der Waals surface area contributed by atoms with Crippen molar-refractivity contribution < 1.29 is 9.53 Å². The first-order valence-electron chi connectivity index (χ1n) is 6.65. The van der Waals surface area contributed by atoms with Crippen molar-refractivity contribution in [3.63, 3.8) is 0 Å². The van der Waals surface area contributed by atoms with Gasteiger partial charge in [0.15, 0.2) is 0 Å². The molecular formula is C13H24N2O2. The minimum Gasteiger partial charge on any atom is -0.375 e. The van der Waals surface area contributed by atoms with E-state index in [2.05, 4.69) is 19.2 Å². The van der Waals surface area contributed by atoms with Crippen molar-refractivity contribution >= 4 is 5.91 Å². The topological polar surface area (TPSA) is 64.4 Å². The summed E-state index contributed by atoms with van der Waals surface area (Å²) < 4.78 is 5.65. The molecule has 1 aliphatic heterocycles. The van der Waals surface area contributed by atoms with E-state index >= 15 is 0 Å². The Morgan fingerprint density at radius 2 is 2.00 bits per heavy atom. The predicted octanol–water partition coefficient (Wildman–Crippen LogP) is 1.33. The van der Waals surface area contributed by atoms with Gasteiger partial charge < -0.3 is 15.8 Å². The van der Waals surface area contributed by atoms with Crippen molar-refractivity contribution in [3.8, 4) is 0 Å². The molecule has 0 aromatic rings. The largest absolute Gasteiger partial charge is 0.375 e. The average Bonchev–Trinajstić information content (AvgIpc) is 2.65. The molecule has 0 aromatic heterocycles. The molecule has 17 heavy (non-hydrogen) atoms. The van der Waals surface area contributed by atoms with Crippen LogP contribution in [0.25, 0.3) is 0 Å². The highest BCUT2D eigenvalue weighted by Gasteiger charge is 2.39. The van der Waals surface area contributed by atoms with E-state index in [0.717, 1.165) is 45.1 Å². The Balaban J connectivity index is 1.90. The van der Waals surface area contributed by atoms with Gasteiger partial charge in [0.25, 0.3) is 0 Å². The van der Waals surface area contributed by atoms with Crippen LogP contribution in [0.1, 0.15) is 52.4 Å². The molecule has 1 amide bonds. The fourth-order valence-corrected chi connectivity index (χ4v) is 2.92. The van der Waals surface area contributed by atoms with Crippen LogP contribution < -0.4 is 11.1 Å². The second-order valence-corrected chi connectivity index (χ2v) is 6.13. The molecule has 1 unspecified atom stereocenters. The van der Waals surface area contributed by atoms with Gasteiger partial charge in [-0.15, -0.1) is 0 Å². The van der Waals surface area contributed by atoms with Crippen molar-refractivity contribution in [3.05, 3.63) is 0 Å². The lowest BCUT2D eigenvalue weighted by molar-refractivity contribution is -0.129. The molecule has 1 heterocycles. The number of nitrogens with one attached hydrogen (secondary N) is 1. The lowest BCUT2D eigenvalue weighted by Crippen LogP contribution is -2.56. The lowest BCUT2D eigenvalue weighted by atomic mass is 9.92. The van der Waals surface area contributed by atoms with E-state index in [1.807, 2.05) is 0 Å². The van der Waals surface area contributed by atoms with Crippen molar-refractivity contribution in [1.29, 1.82) is 0 Å². The summed E-state index contributed by atoms with van der Waals surface area (Å²) in [5, 5.41) is 3.11. The van der Waals surface area contributed by atoms with E-state index in [-0.39, 0.29) is 17.6 Å². The second kappa shape index (κ2) is 4.58. The van der Waals surface area contributed by atoms with Gasteiger partial charge >= 0.3 is 0 Å². The normalized spacial score (nSPS) is 31.1. The van der Waals surface area contributed by atoms with Gasteiger partial charge in [-0.05, 0) is 39.5 Å². The number of rotatable bonds is 2. The average molecular weight is 240 g/mol. The van der Waals surface area contributed by atoms with Gasteiger partial charge in [-0.1, -0.05) is 12.8 Å². The Bertz CT molecular complexity index is 296. The third-order valence-electron chi connectivity index (χ3n) is 3.98. The number of carbonyl (C=O) groups is 1. The molecule has 0 radical (unpaired) electrons. The van der Waals surface area contributed by atoms with Crippen molar-refractivity contribution in [2.24, 2.45) is 5.73 Å². The first-order chi connectivity index (χ1) is 7.91. The summed E-state index contributed by atoms with van der Waals surface area (Å²) in [7, 11) is 0. The molecule has 1 aliphatic carbocycles. The zero-order valence-electron chi connectivity index (χ0n) is 10.9. The fourth-order valence-electron chi connectivity index (χ4n) is 2.92. The van der Waals surface area contributed by atoms with Gasteiger partial charge in [-0.2, -0.15) is 0 Å². The Labute approximate surface area is 103 Å². The van der Waals surface area contributed by atoms with E-state index in [1.54, 1.807) is 0 Å². The summed E-state index contributed by atoms with van der Waals surface area (Å²) in [6.07, 6.45) is 5.56. The summed E-state index contributed by atoms with van der Waals surface area (Å²) in [6.45, 7) is 4.85. The van der Waals surface area contributed by atoms with Gasteiger partial charge in [0.05, 0.1) is 11.1 Å². The third kappa shape index (κ3) is 2.99. The van der Waals surface area contributed by atoms with E-state index < -0.39 is 5.54 Å². The molecule has 0 spiro atoms. The molecule has 1 saturated heterocycles. The maximum absolute atomic E-state index is 12.2.